The summed E-state index contributed by atoms with van der Waals surface area (Å²) < 4.78 is 0. The van der Waals surface area contributed by atoms with E-state index in [4.69, 9.17) is 0 Å². The molecule has 1 aromatic carbocycles. The third kappa shape index (κ3) is 2.64. The van der Waals surface area contributed by atoms with Gasteiger partial charge in [-0.05, 0) is 44.4 Å². The van der Waals surface area contributed by atoms with Crippen molar-refractivity contribution in [3.05, 3.63) is 29.3 Å². The third-order valence-electron chi connectivity index (χ3n) is 3.19. The number of hydrogen-bond donors (Lipinski definition) is 3. The van der Waals surface area contributed by atoms with Crippen LogP contribution in [0, 0.1) is 0 Å². The fourth-order valence-electron chi connectivity index (χ4n) is 2.14. The van der Waals surface area contributed by atoms with Crippen LogP contribution in [0.5, 0.6) is 0 Å². The van der Waals surface area contributed by atoms with Gasteiger partial charge in [-0.25, -0.2) is 0 Å². The molecule has 0 atom stereocenters. The number of carbonyl (C=O) groups is 1. The first kappa shape index (κ1) is 12.9. The summed E-state index contributed by atoms with van der Waals surface area (Å²) in [4.78, 5) is 12.2. The second kappa shape index (κ2) is 4.98. The number of carbonyl (C=O) groups excluding carboxylic acids is 1. The van der Waals surface area contributed by atoms with Crippen molar-refractivity contribution < 1.29 is 9.90 Å². The monoisotopic (exact) mass is 248 g/mol. The topological polar surface area (TPSA) is 61.4 Å². The van der Waals surface area contributed by atoms with Crippen LogP contribution >= 0.6 is 0 Å². The molecule has 0 unspecified atom stereocenters. The van der Waals surface area contributed by atoms with Crippen LogP contribution < -0.4 is 10.6 Å². The number of nitrogens with one attached hydrogen (secondary N) is 2. The first-order valence-electron chi connectivity index (χ1n) is 6.33. The number of fused-ring (bicyclic) bond motifs is 1. The lowest BCUT2D eigenvalue weighted by Gasteiger charge is -2.26. The smallest absolute Gasteiger partial charge is 0.252 e. The highest BCUT2D eigenvalue weighted by molar-refractivity contribution is 5.97. The molecule has 1 aromatic rings. The van der Waals surface area contributed by atoms with Crippen LogP contribution in [-0.2, 0) is 6.42 Å². The summed E-state index contributed by atoms with van der Waals surface area (Å²) in [5.41, 5.74) is 2.24. The minimum atomic E-state index is -0.595. The van der Waals surface area contributed by atoms with E-state index in [-0.39, 0.29) is 12.5 Å². The lowest BCUT2D eigenvalue weighted by molar-refractivity contribution is 0.0868. The fourth-order valence-corrected chi connectivity index (χ4v) is 2.14. The van der Waals surface area contributed by atoms with Gasteiger partial charge in [0.15, 0.2) is 0 Å². The van der Waals surface area contributed by atoms with E-state index in [2.05, 4.69) is 10.6 Å². The molecular formula is C14H20N2O2. The first-order chi connectivity index (χ1) is 8.53. The molecule has 1 aliphatic rings. The molecule has 1 heterocycles. The molecule has 0 saturated carbocycles. The van der Waals surface area contributed by atoms with Gasteiger partial charge in [-0.15, -0.1) is 0 Å². The summed E-state index contributed by atoms with van der Waals surface area (Å²) in [6.45, 7) is 4.49. The van der Waals surface area contributed by atoms with Gasteiger partial charge in [-0.3, -0.25) is 4.79 Å². The molecule has 3 N–H and O–H groups in total. The zero-order valence-corrected chi connectivity index (χ0v) is 10.9. The summed E-state index contributed by atoms with van der Waals surface area (Å²) in [7, 11) is 0. The highest BCUT2D eigenvalue weighted by Gasteiger charge is 2.23. The van der Waals surface area contributed by atoms with E-state index in [0.717, 1.165) is 30.6 Å². The maximum absolute atomic E-state index is 12.2. The van der Waals surface area contributed by atoms with E-state index in [1.165, 1.54) is 0 Å². The minimum Gasteiger partial charge on any atom is -0.394 e. The van der Waals surface area contributed by atoms with E-state index in [1.54, 1.807) is 13.8 Å². The van der Waals surface area contributed by atoms with Crippen molar-refractivity contribution in [1.29, 1.82) is 0 Å². The number of anilines is 1. The Morgan fingerprint density at radius 2 is 2.28 bits per heavy atom. The summed E-state index contributed by atoms with van der Waals surface area (Å²) in [6.07, 6.45) is 1.96. The minimum absolute atomic E-state index is 0.0774. The molecular weight excluding hydrogens is 228 g/mol. The molecule has 0 spiro atoms. The van der Waals surface area contributed by atoms with Crippen molar-refractivity contribution in [2.75, 3.05) is 18.5 Å². The predicted octanol–water partition coefficient (Wildman–Crippen LogP) is 1.55. The quantitative estimate of drug-likeness (QED) is 0.760. The van der Waals surface area contributed by atoms with E-state index in [1.807, 2.05) is 18.2 Å². The maximum atomic E-state index is 12.2. The van der Waals surface area contributed by atoms with Crippen LogP contribution in [0.25, 0.3) is 0 Å². The van der Waals surface area contributed by atoms with Crippen LogP contribution in [0.3, 0.4) is 0 Å². The Morgan fingerprint density at radius 3 is 3.00 bits per heavy atom. The molecule has 2 rings (SSSR count). The predicted molar refractivity (Wildman–Crippen MR) is 71.9 cm³/mol. The Bertz CT molecular complexity index is 455. The normalized spacial score (nSPS) is 14.6. The van der Waals surface area contributed by atoms with Gasteiger partial charge in [0.2, 0.25) is 0 Å². The number of hydrogen-bond acceptors (Lipinski definition) is 3. The van der Waals surface area contributed by atoms with Crippen LogP contribution in [0.1, 0.15) is 36.2 Å². The van der Waals surface area contributed by atoms with Gasteiger partial charge in [0.1, 0.15) is 0 Å². The molecule has 0 aromatic heterocycles. The van der Waals surface area contributed by atoms with Crippen molar-refractivity contribution in [2.45, 2.75) is 32.2 Å². The van der Waals surface area contributed by atoms with Crippen molar-refractivity contribution >= 4 is 11.6 Å². The summed E-state index contributed by atoms with van der Waals surface area (Å²) in [5.74, 6) is -0.116. The third-order valence-corrected chi connectivity index (χ3v) is 3.19. The molecule has 18 heavy (non-hydrogen) atoms. The lowest BCUT2D eigenvalue weighted by atomic mass is 9.96. The number of amides is 1. The Morgan fingerprint density at radius 1 is 1.50 bits per heavy atom. The van der Waals surface area contributed by atoms with Gasteiger partial charge in [0, 0.05) is 17.8 Å². The van der Waals surface area contributed by atoms with E-state index in [9.17, 15) is 9.90 Å². The Balaban J connectivity index is 2.26. The molecule has 0 radical (unpaired) electrons. The molecule has 1 amide bonds. The van der Waals surface area contributed by atoms with Gasteiger partial charge in [0.05, 0.1) is 12.1 Å². The lowest BCUT2D eigenvalue weighted by Crippen LogP contribution is -2.46. The van der Waals surface area contributed by atoms with Crippen LogP contribution in [-0.4, -0.2) is 29.7 Å². The van der Waals surface area contributed by atoms with Gasteiger partial charge >= 0.3 is 0 Å². The summed E-state index contributed by atoms with van der Waals surface area (Å²) in [5, 5.41) is 15.4. The number of aliphatic hydroxyl groups excluding tert-OH is 1. The number of rotatable bonds is 3. The number of benzene rings is 1. The first-order valence-corrected chi connectivity index (χ1v) is 6.33. The van der Waals surface area contributed by atoms with Gasteiger partial charge in [0.25, 0.3) is 5.91 Å². The Kier molecular flexibility index (Phi) is 3.57. The van der Waals surface area contributed by atoms with Crippen LogP contribution in [0.15, 0.2) is 18.2 Å². The molecule has 4 heteroatoms. The second-order valence-corrected chi connectivity index (χ2v) is 5.36. The van der Waals surface area contributed by atoms with Crippen molar-refractivity contribution in [2.24, 2.45) is 0 Å². The Hall–Kier alpha value is -1.55. The highest BCUT2D eigenvalue weighted by Crippen LogP contribution is 2.25. The molecule has 0 bridgehead atoms. The van der Waals surface area contributed by atoms with Crippen molar-refractivity contribution in [3.8, 4) is 0 Å². The maximum Gasteiger partial charge on any atom is 0.252 e. The van der Waals surface area contributed by atoms with Crippen molar-refractivity contribution in [1.82, 2.24) is 5.32 Å². The van der Waals surface area contributed by atoms with Crippen molar-refractivity contribution in [3.63, 3.8) is 0 Å². The summed E-state index contributed by atoms with van der Waals surface area (Å²) in [6, 6.07) is 5.73. The molecule has 98 valence electrons. The van der Waals surface area contributed by atoms with Gasteiger partial charge in [-0.1, -0.05) is 6.07 Å². The average Bonchev–Trinajstić information content (AvgIpc) is 2.37. The van der Waals surface area contributed by atoms with Gasteiger partial charge in [-0.2, -0.15) is 0 Å². The SMILES string of the molecule is CC(C)(CO)NC(=O)c1cccc2c1CCCN2. The zero-order valence-electron chi connectivity index (χ0n) is 10.9. The standard InChI is InChI=1S/C14H20N2O2/c1-14(2,9-17)16-13(18)11-5-3-7-12-10(11)6-4-8-15-12/h3,5,7,15,17H,4,6,8-9H2,1-2H3,(H,16,18). The van der Waals surface area contributed by atoms with E-state index < -0.39 is 5.54 Å². The molecule has 0 saturated heterocycles. The second-order valence-electron chi connectivity index (χ2n) is 5.36. The van der Waals surface area contributed by atoms with Crippen LogP contribution in [0.4, 0.5) is 5.69 Å². The molecule has 4 nitrogen and oxygen atoms in total. The van der Waals surface area contributed by atoms with Gasteiger partial charge < -0.3 is 15.7 Å². The largest absolute Gasteiger partial charge is 0.394 e. The molecule has 1 aliphatic heterocycles. The Labute approximate surface area is 107 Å². The number of aliphatic hydroxyl groups is 1. The highest BCUT2D eigenvalue weighted by atomic mass is 16.3. The fraction of sp³-hybridized carbons (Fsp3) is 0.500. The molecule has 0 fully saturated rings. The zero-order chi connectivity index (χ0) is 13.2. The molecule has 0 aliphatic carbocycles. The van der Waals surface area contributed by atoms with E-state index in [0.29, 0.717) is 5.56 Å². The average molecular weight is 248 g/mol. The van der Waals surface area contributed by atoms with E-state index >= 15 is 0 Å². The summed E-state index contributed by atoms with van der Waals surface area (Å²) >= 11 is 0. The van der Waals surface area contributed by atoms with Crippen LogP contribution in [0.2, 0.25) is 0 Å².